The number of aryl methyl sites for hydroxylation is 1. The summed E-state index contributed by atoms with van der Waals surface area (Å²) in [7, 11) is 1.54. The van der Waals surface area contributed by atoms with Crippen molar-refractivity contribution >= 4 is 49.5 Å². The van der Waals surface area contributed by atoms with Gasteiger partial charge in [-0.05, 0) is 54.5 Å². The molecule has 0 aliphatic rings. The van der Waals surface area contributed by atoms with Gasteiger partial charge in [0.1, 0.15) is 18.2 Å². The summed E-state index contributed by atoms with van der Waals surface area (Å²) >= 11 is 6.86. The number of carbonyl (C=O) groups is 1. The van der Waals surface area contributed by atoms with Crippen LogP contribution in [0, 0.1) is 18.3 Å². The molecule has 5 nitrogen and oxygen atoms in total. The lowest BCUT2D eigenvalue weighted by Gasteiger charge is -2.13. The van der Waals surface area contributed by atoms with E-state index in [0.29, 0.717) is 33.8 Å². The Balaban J connectivity index is 1.81. The van der Waals surface area contributed by atoms with Crippen molar-refractivity contribution in [2.75, 3.05) is 12.4 Å². The second kappa shape index (κ2) is 11.0. The number of amides is 1. The summed E-state index contributed by atoms with van der Waals surface area (Å²) in [4.78, 5) is 12.6. The first-order valence-corrected chi connectivity index (χ1v) is 11.2. The fraction of sp³-hybridized carbons (Fsp3) is 0.120. The van der Waals surface area contributed by atoms with Crippen molar-refractivity contribution < 1.29 is 14.3 Å². The summed E-state index contributed by atoms with van der Waals surface area (Å²) in [5, 5.41) is 12.3. The second-order valence-electron chi connectivity index (χ2n) is 6.93. The van der Waals surface area contributed by atoms with Gasteiger partial charge in [-0.15, -0.1) is 0 Å². The molecule has 3 rings (SSSR count). The van der Waals surface area contributed by atoms with E-state index in [2.05, 4.69) is 37.2 Å². The zero-order valence-electron chi connectivity index (χ0n) is 17.5. The molecule has 0 bridgehead atoms. The summed E-state index contributed by atoms with van der Waals surface area (Å²) in [6.07, 6.45) is 1.50. The minimum atomic E-state index is -0.504. The third-order valence-corrected chi connectivity index (χ3v) is 5.73. The van der Waals surface area contributed by atoms with Crippen LogP contribution in [0.4, 0.5) is 5.69 Å². The molecule has 0 aliphatic carbocycles. The maximum Gasteiger partial charge on any atom is 0.266 e. The third kappa shape index (κ3) is 6.22. The molecule has 32 heavy (non-hydrogen) atoms. The Morgan fingerprint density at radius 3 is 2.50 bits per heavy atom. The first-order chi connectivity index (χ1) is 15.4. The monoisotopic (exact) mass is 554 g/mol. The summed E-state index contributed by atoms with van der Waals surface area (Å²) in [6, 6.07) is 20.7. The quantitative estimate of drug-likeness (QED) is 0.261. The molecule has 0 spiro atoms. The highest BCUT2D eigenvalue weighted by Crippen LogP contribution is 2.35. The highest BCUT2D eigenvalue weighted by atomic mass is 79.9. The van der Waals surface area contributed by atoms with Crippen LogP contribution in [-0.4, -0.2) is 13.0 Å². The van der Waals surface area contributed by atoms with Crippen LogP contribution in [-0.2, 0) is 11.4 Å². The van der Waals surface area contributed by atoms with Gasteiger partial charge in [-0.25, -0.2) is 0 Å². The number of halogens is 2. The minimum Gasteiger partial charge on any atom is -0.493 e. The number of nitrogens with one attached hydrogen (secondary N) is 1. The summed E-state index contributed by atoms with van der Waals surface area (Å²) < 4.78 is 12.9. The molecular formula is C25H20Br2N2O3. The minimum absolute atomic E-state index is 0.0407. The van der Waals surface area contributed by atoms with Gasteiger partial charge in [0.05, 0.1) is 7.11 Å². The molecule has 3 aromatic rings. The molecule has 7 heteroatoms. The highest BCUT2D eigenvalue weighted by molar-refractivity contribution is 9.10. The van der Waals surface area contributed by atoms with Crippen molar-refractivity contribution in [3.8, 4) is 17.6 Å². The summed E-state index contributed by atoms with van der Waals surface area (Å²) in [6.45, 7) is 2.42. The van der Waals surface area contributed by atoms with E-state index in [4.69, 9.17) is 9.47 Å². The molecule has 0 heterocycles. The standard InChI is InChI=1S/C25H20Br2N2O3/c1-16-6-8-17(9-7-16)15-32-24-13-22(27)18(11-23(24)31-2)10-19(14-28)25(30)29-21-5-3-4-20(26)12-21/h3-13H,15H2,1-2H3,(H,29,30)/b19-10-. The van der Waals surface area contributed by atoms with Gasteiger partial charge in [0.2, 0.25) is 0 Å². The van der Waals surface area contributed by atoms with Gasteiger partial charge in [-0.1, -0.05) is 67.8 Å². The summed E-state index contributed by atoms with van der Waals surface area (Å²) in [5.41, 5.74) is 3.38. The molecule has 0 saturated heterocycles. The fourth-order valence-corrected chi connectivity index (χ4v) is 3.68. The van der Waals surface area contributed by atoms with Crippen LogP contribution in [0.3, 0.4) is 0 Å². The number of hydrogen-bond acceptors (Lipinski definition) is 4. The molecule has 0 saturated carbocycles. The zero-order valence-corrected chi connectivity index (χ0v) is 20.7. The lowest BCUT2D eigenvalue weighted by atomic mass is 10.1. The first kappa shape index (κ1) is 23.6. The number of ether oxygens (including phenoxy) is 2. The average molecular weight is 556 g/mol. The van der Waals surface area contributed by atoms with Crippen molar-refractivity contribution in [2.24, 2.45) is 0 Å². The molecule has 0 unspecified atom stereocenters. The lowest BCUT2D eigenvalue weighted by molar-refractivity contribution is -0.112. The molecule has 1 N–H and O–H groups in total. The highest BCUT2D eigenvalue weighted by Gasteiger charge is 2.14. The predicted molar refractivity (Wildman–Crippen MR) is 133 cm³/mol. The largest absolute Gasteiger partial charge is 0.493 e. The van der Waals surface area contributed by atoms with Crippen molar-refractivity contribution in [1.82, 2.24) is 0 Å². The van der Waals surface area contributed by atoms with Crippen molar-refractivity contribution in [3.63, 3.8) is 0 Å². The van der Waals surface area contributed by atoms with E-state index in [1.54, 1.807) is 37.4 Å². The number of nitrogens with zero attached hydrogens (tertiary/aromatic N) is 1. The van der Waals surface area contributed by atoms with E-state index in [1.807, 2.05) is 43.3 Å². The zero-order chi connectivity index (χ0) is 23.1. The summed E-state index contributed by atoms with van der Waals surface area (Å²) in [5.74, 6) is 0.543. The van der Waals surface area contributed by atoms with Crippen LogP contribution in [0.5, 0.6) is 11.5 Å². The van der Waals surface area contributed by atoms with Crippen LogP contribution >= 0.6 is 31.9 Å². The van der Waals surface area contributed by atoms with E-state index >= 15 is 0 Å². The van der Waals surface area contributed by atoms with Gasteiger partial charge in [0, 0.05) is 14.6 Å². The van der Waals surface area contributed by atoms with E-state index in [1.165, 1.54) is 11.6 Å². The smallest absolute Gasteiger partial charge is 0.266 e. The lowest BCUT2D eigenvalue weighted by Crippen LogP contribution is -2.13. The van der Waals surface area contributed by atoms with Crippen molar-refractivity contribution in [3.05, 3.63) is 91.9 Å². The molecular weight excluding hydrogens is 536 g/mol. The van der Waals surface area contributed by atoms with Crippen molar-refractivity contribution in [1.29, 1.82) is 5.26 Å². The predicted octanol–water partition coefficient (Wildman–Crippen LogP) is 6.65. The van der Waals surface area contributed by atoms with Crippen LogP contribution in [0.1, 0.15) is 16.7 Å². The third-order valence-electron chi connectivity index (χ3n) is 4.55. The van der Waals surface area contributed by atoms with Gasteiger partial charge < -0.3 is 14.8 Å². The van der Waals surface area contributed by atoms with E-state index < -0.39 is 5.91 Å². The molecule has 0 radical (unpaired) electrons. The average Bonchev–Trinajstić information content (AvgIpc) is 2.78. The maximum absolute atomic E-state index is 12.6. The molecule has 3 aromatic carbocycles. The number of rotatable bonds is 7. The SMILES string of the molecule is COc1cc(/C=C(/C#N)C(=O)Nc2cccc(Br)c2)c(Br)cc1OCc1ccc(C)cc1. The Hall–Kier alpha value is -3.08. The number of anilines is 1. The van der Waals surface area contributed by atoms with Gasteiger partial charge in [-0.3, -0.25) is 4.79 Å². The number of benzene rings is 3. The Bertz CT molecular complexity index is 1200. The van der Waals surface area contributed by atoms with Crippen LogP contribution in [0.25, 0.3) is 6.08 Å². The number of hydrogen-bond donors (Lipinski definition) is 1. The van der Waals surface area contributed by atoms with E-state index in [0.717, 1.165) is 10.0 Å². The normalized spacial score (nSPS) is 10.9. The van der Waals surface area contributed by atoms with Gasteiger partial charge in [0.25, 0.3) is 5.91 Å². The number of methoxy groups -OCH3 is 1. The molecule has 0 atom stereocenters. The van der Waals surface area contributed by atoms with Gasteiger partial charge >= 0.3 is 0 Å². The molecule has 0 aliphatic heterocycles. The van der Waals surface area contributed by atoms with Crippen LogP contribution < -0.4 is 14.8 Å². The first-order valence-electron chi connectivity index (χ1n) is 9.64. The van der Waals surface area contributed by atoms with Crippen LogP contribution in [0.15, 0.2) is 75.2 Å². The second-order valence-corrected chi connectivity index (χ2v) is 8.70. The van der Waals surface area contributed by atoms with Gasteiger partial charge in [0.15, 0.2) is 11.5 Å². The number of nitriles is 1. The van der Waals surface area contributed by atoms with Gasteiger partial charge in [-0.2, -0.15) is 5.26 Å². The molecule has 0 aromatic heterocycles. The van der Waals surface area contributed by atoms with Crippen molar-refractivity contribution in [2.45, 2.75) is 13.5 Å². The topological polar surface area (TPSA) is 71.3 Å². The fourth-order valence-electron chi connectivity index (χ4n) is 2.85. The number of carbonyl (C=O) groups excluding carboxylic acids is 1. The van der Waals surface area contributed by atoms with E-state index in [9.17, 15) is 10.1 Å². The Morgan fingerprint density at radius 1 is 1.09 bits per heavy atom. The molecule has 1 amide bonds. The maximum atomic E-state index is 12.6. The molecule has 0 fully saturated rings. The van der Waals surface area contributed by atoms with E-state index in [-0.39, 0.29) is 5.57 Å². The Labute approximate surface area is 203 Å². The Kier molecular flexibility index (Phi) is 8.09. The Morgan fingerprint density at radius 2 is 1.84 bits per heavy atom. The molecule has 162 valence electrons. The van der Waals surface area contributed by atoms with Crippen LogP contribution in [0.2, 0.25) is 0 Å².